The highest BCUT2D eigenvalue weighted by Gasteiger charge is 2.24. The number of hydrogen-bond donors (Lipinski definition) is 3. The molecular weight excluding hydrogens is 446 g/mol. The van der Waals surface area contributed by atoms with Gasteiger partial charge in [-0.1, -0.05) is 30.3 Å². The molecule has 0 fully saturated rings. The molecule has 4 aromatic rings. The van der Waals surface area contributed by atoms with Crippen molar-refractivity contribution in [3.63, 3.8) is 0 Å². The minimum Gasteiger partial charge on any atom is -0.361 e. The summed E-state index contributed by atoms with van der Waals surface area (Å²) >= 11 is 1.29. The first-order chi connectivity index (χ1) is 15.3. The number of fused-ring (bicyclic) bond motifs is 1. The summed E-state index contributed by atoms with van der Waals surface area (Å²) in [4.78, 5) is 29.6. The van der Waals surface area contributed by atoms with Crippen LogP contribution in [-0.2, 0) is 21.1 Å². The maximum absolute atomic E-state index is 13.2. The van der Waals surface area contributed by atoms with E-state index in [-0.39, 0.29) is 17.2 Å². The Morgan fingerprint density at radius 1 is 1.06 bits per heavy atom. The zero-order valence-electron chi connectivity index (χ0n) is 17.2. The van der Waals surface area contributed by atoms with E-state index in [4.69, 9.17) is 0 Å². The van der Waals surface area contributed by atoms with Gasteiger partial charge in [0.05, 0.1) is 9.77 Å². The van der Waals surface area contributed by atoms with Crippen LogP contribution in [0.1, 0.15) is 15.2 Å². The molecule has 32 heavy (non-hydrogen) atoms. The number of hydrogen-bond acceptors (Lipinski definition) is 5. The Morgan fingerprint density at radius 2 is 1.88 bits per heavy atom. The lowest BCUT2D eigenvalue weighted by atomic mass is 10.0. The first-order valence-electron chi connectivity index (χ1n) is 9.81. The van der Waals surface area contributed by atoms with E-state index in [1.165, 1.54) is 23.5 Å². The predicted molar refractivity (Wildman–Crippen MR) is 126 cm³/mol. The van der Waals surface area contributed by atoms with Crippen molar-refractivity contribution in [2.24, 2.45) is 0 Å². The van der Waals surface area contributed by atoms with Gasteiger partial charge in [0.15, 0.2) is 9.84 Å². The second-order valence-corrected chi connectivity index (χ2v) is 10.3. The standard InChI is InChI=1S/C23H21N3O4S2/c1-32(29,30)17-7-4-6-16(13-17)25-22(27)20(26-23(28)21-10-5-11-31-21)12-15-14-24-19-9-3-2-8-18(15)19/h2-11,13-14,20,24H,12H2,1H3,(H,25,27)(H,26,28)/t20-/m0/s1. The summed E-state index contributed by atoms with van der Waals surface area (Å²) in [5, 5.41) is 8.31. The number of anilines is 1. The minimum absolute atomic E-state index is 0.103. The van der Waals surface area contributed by atoms with Crippen molar-refractivity contribution in [2.45, 2.75) is 17.4 Å². The molecule has 0 aliphatic rings. The molecule has 0 radical (unpaired) electrons. The lowest BCUT2D eigenvalue weighted by Crippen LogP contribution is -2.45. The molecule has 0 saturated heterocycles. The SMILES string of the molecule is CS(=O)(=O)c1cccc(NC(=O)[C@H](Cc2c[nH]c3ccccc23)NC(=O)c2cccs2)c1. The number of amides is 2. The monoisotopic (exact) mass is 467 g/mol. The van der Waals surface area contributed by atoms with Crippen LogP contribution in [0.4, 0.5) is 5.69 Å². The van der Waals surface area contributed by atoms with Crippen molar-refractivity contribution >= 4 is 49.6 Å². The molecule has 0 aliphatic heterocycles. The molecule has 2 heterocycles. The van der Waals surface area contributed by atoms with Crippen molar-refractivity contribution in [3.05, 3.63) is 82.7 Å². The highest BCUT2D eigenvalue weighted by molar-refractivity contribution is 7.90. The fraction of sp³-hybridized carbons (Fsp3) is 0.130. The molecule has 2 amide bonds. The zero-order chi connectivity index (χ0) is 22.7. The third kappa shape index (κ3) is 4.90. The predicted octanol–water partition coefficient (Wildman–Crippen LogP) is 3.61. The van der Waals surface area contributed by atoms with E-state index in [1.807, 2.05) is 30.5 Å². The van der Waals surface area contributed by atoms with Gasteiger partial charge in [-0.05, 0) is 41.3 Å². The smallest absolute Gasteiger partial charge is 0.262 e. The van der Waals surface area contributed by atoms with Crippen LogP contribution in [0.3, 0.4) is 0 Å². The van der Waals surface area contributed by atoms with Crippen LogP contribution in [0, 0.1) is 0 Å². The van der Waals surface area contributed by atoms with Crippen molar-refractivity contribution in [1.82, 2.24) is 10.3 Å². The van der Waals surface area contributed by atoms with E-state index >= 15 is 0 Å². The number of carbonyl (C=O) groups is 2. The molecule has 0 spiro atoms. The van der Waals surface area contributed by atoms with Crippen molar-refractivity contribution in [2.75, 3.05) is 11.6 Å². The first kappa shape index (κ1) is 21.8. The first-order valence-corrected chi connectivity index (χ1v) is 12.6. The minimum atomic E-state index is -3.42. The molecule has 2 aromatic heterocycles. The molecule has 164 valence electrons. The maximum atomic E-state index is 13.2. The van der Waals surface area contributed by atoms with E-state index in [2.05, 4.69) is 15.6 Å². The number of sulfone groups is 1. The Balaban J connectivity index is 1.60. The van der Waals surface area contributed by atoms with E-state index in [0.29, 0.717) is 10.6 Å². The molecule has 9 heteroatoms. The fourth-order valence-corrected chi connectivity index (χ4v) is 4.69. The second kappa shape index (κ2) is 8.97. The van der Waals surface area contributed by atoms with Gasteiger partial charge in [-0.25, -0.2) is 8.42 Å². The third-order valence-corrected chi connectivity index (χ3v) is 6.97. The molecule has 3 N–H and O–H groups in total. The van der Waals surface area contributed by atoms with Gasteiger partial charge in [-0.2, -0.15) is 0 Å². The Labute approximate surface area is 189 Å². The highest BCUT2D eigenvalue weighted by Crippen LogP contribution is 2.21. The number of benzene rings is 2. The van der Waals surface area contributed by atoms with Gasteiger partial charge in [0.2, 0.25) is 5.91 Å². The summed E-state index contributed by atoms with van der Waals surface area (Å²) in [5.74, 6) is -0.782. The second-order valence-electron chi connectivity index (χ2n) is 7.36. The average Bonchev–Trinajstić information content (AvgIpc) is 3.43. The molecule has 1 atom stereocenters. The number of para-hydroxylation sites is 1. The normalized spacial score (nSPS) is 12.4. The number of H-pyrrole nitrogens is 1. The lowest BCUT2D eigenvalue weighted by molar-refractivity contribution is -0.118. The van der Waals surface area contributed by atoms with Crippen molar-refractivity contribution < 1.29 is 18.0 Å². The van der Waals surface area contributed by atoms with Gasteiger partial charge in [0, 0.05) is 35.5 Å². The fourth-order valence-electron chi connectivity index (χ4n) is 3.40. The van der Waals surface area contributed by atoms with Crippen molar-refractivity contribution in [3.8, 4) is 0 Å². The van der Waals surface area contributed by atoms with Gasteiger partial charge in [-0.15, -0.1) is 11.3 Å². The largest absolute Gasteiger partial charge is 0.361 e. The van der Waals surface area contributed by atoms with Gasteiger partial charge >= 0.3 is 0 Å². The molecule has 0 aliphatic carbocycles. The molecule has 0 unspecified atom stereocenters. The number of nitrogens with one attached hydrogen (secondary N) is 3. The number of aromatic amines is 1. The summed E-state index contributed by atoms with van der Waals surface area (Å²) in [7, 11) is -3.42. The molecular formula is C23H21N3O4S2. The Kier molecular flexibility index (Phi) is 6.11. The van der Waals surface area contributed by atoms with Gasteiger partial charge in [-0.3, -0.25) is 9.59 Å². The Bertz CT molecular complexity index is 1380. The van der Waals surface area contributed by atoms with Crippen LogP contribution < -0.4 is 10.6 Å². The zero-order valence-corrected chi connectivity index (χ0v) is 18.8. The molecule has 4 rings (SSSR count). The molecule has 7 nitrogen and oxygen atoms in total. The third-order valence-electron chi connectivity index (χ3n) is 5.00. The Hall–Kier alpha value is -3.43. The highest BCUT2D eigenvalue weighted by atomic mass is 32.2. The van der Waals surface area contributed by atoms with E-state index in [9.17, 15) is 18.0 Å². The van der Waals surface area contributed by atoms with E-state index in [1.54, 1.807) is 29.6 Å². The van der Waals surface area contributed by atoms with E-state index in [0.717, 1.165) is 22.7 Å². The number of thiophene rings is 1. The summed E-state index contributed by atoms with van der Waals surface area (Å²) in [6, 6.07) is 16.3. The number of rotatable bonds is 7. The van der Waals surface area contributed by atoms with Crippen molar-refractivity contribution in [1.29, 1.82) is 0 Å². The van der Waals surface area contributed by atoms with Gasteiger partial charge in [0.25, 0.3) is 5.91 Å². The average molecular weight is 468 g/mol. The van der Waals surface area contributed by atoms with Crippen LogP contribution in [-0.4, -0.2) is 37.5 Å². The van der Waals surface area contributed by atoms with E-state index < -0.39 is 21.8 Å². The molecule has 0 bridgehead atoms. The van der Waals surface area contributed by atoms with Gasteiger partial charge < -0.3 is 15.6 Å². The summed E-state index contributed by atoms with van der Waals surface area (Å²) in [6.45, 7) is 0. The lowest BCUT2D eigenvalue weighted by Gasteiger charge is -2.18. The number of carbonyl (C=O) groups excluding carboxylic acids is 2. The summed E-state index contributed by atoms with van der Waals surface area (Å²) < 4.78 is 23.7. The maximum Gasteiger partial charge on any atom is 0.262 e. The molecule has 2 aromatic carbocycles. The summed E-state index contributed by atoms with van der Waals surface area (Å²) in [5.41, 5.74) is 2.16. The van der Waals surface area contributed by atoms with Crippen LogP contribution >= 0.6 is 11.3 Å². The summed E-state index contributed by atoms with van der Waals surface area (Å²) in [6.07, 6.45) is 3.19. The van der Waals surface area contributed by atoms with Crippen LogP contribution in [0.25, 0.3) is 10.9 Å². The quantitative estimate of drug-likeness (QED) is 0.386. The Morgan fingerprint density at radius 3 is 2.62 bits per heavy atom. The van der Waals surface area contributed by atoms with Crippen LogP contribution in [0.2, 0.25) is 0 Å². The molecule has 0 saturated carbocycles. The van der Waals surface area contributed by atoms with Crippen LogP contribution in [0.5, 0.6) is 0 Å². The number of aromatic nitrogens is 1. The topological polar surface area (TPSA) is 108 Å². The van der Waals surface area contributed by atoms with Gasteiger partial charge in [0.1, 0.15) is 6.04 Å². The van der Waals surface area contributed by atoms with Crippen LogP contribution in [0.15, 0.2) is 77.1 Å².